The van der Waals surface area contributed by atoms with Crippen molar-refractivity contribution in [2.24, 2.45) is 12.8 Å². The van der Waals surface area contributed by atoms with Gasteiger partial charge in [0.05, 0.1) is 0 Å². The van der Waals surface area contributed by atoms with E-state index < -0.39 is 0 Å². The molecule has 1 rings (SSSR count). The summed E-state index contributed by atoms with van der Waals surface area (Å²) >= 11 is 0. The fourth-order valence-corrected chi connectivity index (χ4v) is 1.26. The number of hydrogen-bond acceptors (Lipinski definition) is 1. The molecule has 0 unspecified atom stereocenters. The fourth-order valence-electron chi connectivity index (χ4n) is 1.26. The third-order valence-electron chi connectivity index (χ3n) is 1.92. The van der Waals surface area contributed by atoms with E-state index in [9.17, 15) is 4.79 Å². The third-order valence-corrected chi connectivity index (χ3v) is 1.92. The van der Waals surface area contributed by atoms with Crippen LogP contribution >= 0.6 is 0 Å². The highest BCUT2D eigenvalue weighted by molar-refractivity contribution is 5.93. The summed E-state index contributed by atoms with van der Waals surface area (Å²) in [5.74, 6) is -0.363. The van der Waals surface area contributed by atoms with Gasteiger partial charge in [-0.2, -0.15) is 0 Å². The van der Waals surface area contributed by atoms with Crippen molar-refractivity contribution in [3.63, 3.8) is 0 Å². The lowest BCUT2D eigenvalue weighted by atomic mass is 10.2. The first-order valence-electron chi connectivity index (χ1n) is 3.46. The van der Waals surface area contributed by atoms with Gasteiger partial charge >= 0.3 is 0 Å². The summed E-state index contributed by atoms with van der Waals surface area (Å²) in [6.45, 7) is 3.86. The summed E-state index contributed by atoms with van der Waals surface area (Å²) in [6, 6.07) is 0. The molecule has 0 aliphatic carbocycles. The molecule has 0 fully saturated rings. The molecule has 11 heavy (non-hydrogen) atoms. The molecule has 1 aromatic heterocycles. The Hall–Kier alpha value is -1.25. The minimum Gasteiger partial charge on any atom is -0.364 e. The number of carbonyl (C=O) groups is 1. The molecule has 60 valence electrons. The normalized spacial score (nSPS) is 10.1. The Bertz CT molecular complexity index is 299. The molecule has 0 spiro atoms. The number of aromatic nitrogens is 1. The van der Waals surface area contributed by atoms with Crippen LogP contribution in [0.4, 0.5) is 0 Å². The molecular formula is C8H12N2O. The van der Waals surface area contributed by atoms with Crippen LogP contribution in [-0.4, -0.2) is 10.5 Å². The van der Waals surface area contributed by atoms with E-state index in [4.69, 9.17) is 5.73 Å². The van der Waals surface area contributed by atoms with Crippen LogP contribution in [0.2, 0.25) is 0 Å². The van der Waals surface area contributed by atoms with Gasteiger partial charge in [-0.15, -0.1) is 0 Å². The zero-order chi connectivity index (χ0) is 8.59. The summed E-state index contributed by atoms with van der Waals surface area (Å²) in [5.41, 5.74) is 7.84. The molecule has 0 aromatic carbocycles. The fraction of sp³-hybridized carbons (Fsp3) is 0.375. The van der Waals surface area contributed by atoms with E-state index in [1.807, 2.05) is 27.1 Å². The topological polar surface area (TPSA) is 48.0 Å². The first-order valence-corrected chi connectivity index (χ1v) is 3.46. The first-order chi connectivity index (χ1) is 5.04. The van der Waals surface area contributed by atoms with Crippen molar-refractivity contribution >= 4 is 5.91 Å². The Morgan fingerprint density at radius 2 is 2.09 bits per heavy atom. The summed E-state index contributed by atoms with van der Waals surface area (Å²) in [7, 11) is 1.82. The molecule has 1 aromatic rings. The molecule has 0 aliphatic heterocycles. The van der Waals surface area contributed by atoms with Crippen molar-refractivity contribution in [3.8, 4) is 0 Å². The number of aryl methyl sites for hydroxylation is 2. The van der Waals surface area contributed by atoms with E-state index in [-0.39, 0.29) is 5.91 Å². The number of amides is 1. The Morgan fingerprint density at radius 1 is 1.55 bits per heavy atom. The summed E-state index contributed by atoms with van der Waals surface area (Å²) in [6.07, 6.45) is 1.90. The quantitative estimate of drug-likeness (QED) is 0.634. The highest BCUT2D eigenvalue weighted by Gasteiger charge is 2.11. The summed E-state index contributed by atoms with van der Waals surface area (Å²) in [4.78, 5) is 10.9. The molecule has 0 saturated heterocycles. The highest BCUT2D eigenvalue weighted by atomic mass is 16.1. The zero-order valence-electron chi connectivity index (χ0n) is 7.01. The maximum Gasteiger partial charge on any atom is 0.265 e. The Kier molecular flexibility index (Phi) is 1.72. The lowest BCUT2D eigenvalue weighted by Crippen LogP contribution is -2.16. The molecule has 2 N–H and O–H groups in total. The number of nitrogens with two attached hydrogens (primary N) is 1. The average molecular weight is 152 g/mol. The molecule has 0 atom stereocenters. The van der Waals surface area contributed by atoms with Crippen LogP contribution in [0.5, 0.6) is 0 Å². The van der Waals surface area contributed by atoms with Crippen molar-refractivity contribution in [2.75, 3.05) is 0 Å². The van der Waals surface area contributed by atoms with E-state index in [0.717, 1.165) is 11.1 Å². The van der Waals surface area contributed by atoms with Crippen LogP contribution in [0.15, 0.2) is 6.20 Å². The van der Waals surface area contributed by atoms with Gasteiger partial charge in [0.25, 0.3) is 5.91 Å². The van der Waals surface area contributed by atoms with Gasteiger partial charge in [0.1, 0.15) is 5.69 Å². The maximum atomic E-state index is 10.9. The van der Waals surface area contributed by atoms with Gasteiger partial charge in [0.15, 0.2) is 0 Å². The van der Waals surface area contributed by atoms with Crippen LogP contribution < -0.4 is 5.73 Å². The van der Waals surface area contributed by atoms with Crippen molar-refractivity contribution in [1.29, 1.82) is 0 Å². The van der Waals surface area contributed by atoms with E-state index in [1.165, 1.54) is 0 Å². The van der Waals surface area contributed by atoms with Gasteiger partial charge < -0.3 is 10.3 Å². The molecule has 0 aliphatic rings. The van der Waals surface area contributed by atoms with Gasteiger partial charge in [0, 0.05) is 13.2 Å². The van der Waals surface area contributed by atoms with E-state index in [0.29, 0.717) is 5.69 Å². The van der Waals surface area contributed by atoms with Crippen LogP contribution in [-0.2, 0) is 7.05 Å². The predicted molar refractivity (Wildman–Crippen MR) is 43.4 cm³/mol. The zero-order valence-corrected chi connectivity index (χ0v) is 7.01. The van der Waals surface area contributed by atoms with Crippen molar-refractivity contribution < 1.29 is 4.79 Å². The molecule has 1 heterocycles. The number of nitrogens with zero attached hydrogens (tertiary/aromatic N) is 1. The largest absolute Gasteiger partial charge is 0.364 e. The second kappa shape index (κ2) is 2.42. The van der Waals surface area contributed by atoms with E-state index >= 15 is 0 Å². The first kappa shape index (κ1) is 7.85. The maximum absolute atomic E-state index is 10.9. The number of carbonyl (C=O) groups excluding carboxylic acids is 1. The number of rotatable bonds is 1. The van der Waals surface area contributed by atoms with Crippen LogP contribution in [0, 0.1) is 13.8 Å². The minimum atomic E-state index is -0.363. The summed E-state index contributed by atoms with van der Waals surface area (Å²) in [5, 5.41) is 0. The third kappa shape index (κ3) is 1.13. The monoisotopic (exact) mass is 152 g/mol. The van der Waals surface area contributed by atoms with Crippen LogP contribution in [0.1, 0.15) is 21.6 Å². The predicted octanol–water partition coefficient (Wildman–Crippen LogP) is 0.741. The van der Waals surface area contributed by atoms with Gasteiger partial charge in [-0.05, 0) is 25.0 Å². The van der Waals surface area contributed by atoms with Crippen molar-refractivity contribution in [2.45, 2.75) is 13.8 Å². The van der Waals surface area contributed by atoms with Crippen LogP contribution in [0.25, 0.3) is 0 Å². The van der Waals surface area contributed by atoms with Gasteiger partial charge in [-0.3, -0.25) is 4.79 Å². The molecule has 0 bridgehead atoms. The second-order valence-electron chi connectivity index (χ2n) is 2.76. The Balaban J connectivity index is 3.34. The SMILES string of the molecule is Cc1cn(C)c(C(N)=O)c1C. The van der Waals surface area contributed by atoms with Crippen molar-refractivity contribution in [3.05, 3.63) is 23.0 Å². The minimum absolute atomic E-state index is 0.363. The standard InChI is InChI=1S/C8H12N2O/c1-5-4-10(3)7(6(5)2)8(9)11/h4H,1-3H3,(H2,9,11). The smallest absolute Gasteiger partial charge is 0.265 e. The second-order valence-corrected chi connectivity index (χ2v) is 2.76. The lowest BCUT2D eigenvalue weighted by molar-refractivity contribution is 0.0992. The van der Waals surface area contributed by atoms with Gasteiger partial charge in [-0.1, -0.05) is 0 Å². The van der Waals surface area contributed by atoms with Gasteiger partial charge in [0.2, 0.25) is 0 Å². The van der Waals surface area contributed by atoms with Crippen molar-refractivity contribution in [1.82, 2.24) is 4.57 Å². The molecule has 0 saturated carbocycles. The highest BCUT2D eigenvalue weighted by Crippen LogP contribution is 2.13. The number of primary amides is 1. The molecule has 3 nitrogen and oxygen atoms in total. The Labute approximate surface area is 65.8 Å². The molecule has 0 radical (unpaired) electrons. The average Bonchev–Trinajstić information content (AvgIpc) is 2.07. The van der Waals surface area contributed by atoms with E-state index in [1.54, 1.807) is 4.57 Å². The molecule has 3 heteroatoms. The summed E-state index contributed by atoms with van der Waals surface area (Å²) < 4.78 is 1.76. The molecule has 1 amide bonds. The molecular weight excluding hydrogens is 140 g/mol. The van der Waals surface area contributed by atoms with Crippen LogP contribution in [0.3, 0.4) is 0 Å². The van der Waals surface area contributed by atoms with E-state index in [2.05, 4.69) is 0 Å². The lowest BCUT2D eigenvalue weighted by Gasteiger charge is -1.97. The Morgan fingerprint density at radius 3 is 2.27 bits per heavy atom. The van der Waals surface area contributed by atoms with Gasteiger partial charge in [-0.25, -0.2) is 0 Å². The number of hydrogen-bond donors (Lipinski definition) is 1.